The molecule has 0 radical (unpaired) electrons. The monoisotopic (exact) mass is 247 g/mol. The van der Waals surface area contributed by atoms with Gasteiger partial charge in [-0.1, -0.05) is 6.92 Å². The number of nitrogens with zero attached hydrogens (tertiary/aromatic N) is 1. The summed E-state index contributed by atoms with van der Waals surface area (Å²) in [5.41, 5.74) is 0. The zero-order valence-corrected chi connectivity index (χ0v) is 11.2. The van der Waals surface area contributed by atoms with Crippen LogP contribution in [0.15, 0.2) is 0 Å². The lowest BCUT2D eigenvalue weighted by Gasteiger charge is -2.34. The molecule has 2 N–H and O–H groups in total. The van der Waals surface area contributed by atoms with E-state index in [1.807, 2.05) is 20.8 Å². The maximum absolute atomic E-state index is 11.0. The summed E-state index contributed by atoms with van der Waals surface area (Å²) in [7, 11) is 0. The van der Waals surface area contributed by atoms with E-state index in [1.54, 1.807) is 6.92 Å². The third-order valence-corrected chi connectivity index (χ3v) is 3.03. The highest BCUT2D eigenvalue weighted by atomic mass is 16.5. The third kappa shape index (κ3) is 6.00. The first-order valence-corrected chi connectivity index (χ1v) is 6.09. The minimum absolute atomic E-state index is 0.0166. The summed E-state index contributed by atoms with van der Waals surface area (Å²) in [5.74, 6) is -1.19. The number of carboxylic acids is 1. The lowest BCUT2D eigenvalue weighted by atomic mass is 10.0. The van der Waals surface area contributed by atoms with E-state index in [0.717, 1.165) is 0 Å². The Morgan fingerprint density at radius 1 is 1.24 bits per heavy atom. The molecule has 0 spiro atoms. The second kappa shape index (κ2) is 8.44. The first kappa shape index (κ1) is 16.4. The molecule has 0 aromatic rings. The quantitative estimate of drug-likeness (QED) is 0.590. The maximum Gasteiger partial charge on any atom is 0.307 e. The molecular formula is C12H25NO4. The van der Waals surface area contributed by atoms with Crippen molar-refractivity contribution in [3.8, 4) is 0 Å². The molecule has 5 nitrogen and oxygen atoms in total. The number of aliphatic hydroxyl groups is 1. The molecule has 102 valence electrons. The summed E-state index contributed by atoms with van der Waals surface area (Å²) in [5, 5.41) is 17.6. The van der Waals surface area contributed by atoms with Crippen LogP contribution in [0.5, 0.6) is 0 Å². The molecule has 17 heavy (non-hydrogen) atoms. The van der Waals surface area contributed by atoms with Crippen LogP contribution in [0.3, 0.4) is 0 Å². The zero-order valence-electron chi connectivity index (χ0n) is 11.2. The first-order valence-electron chi connectivity index (χ1n) is 6.09. The van der Waals surface area contributed by atoms with Gasteiger partial charge in [0.25, 0.3) is 0 Å². The average molecular weight is 247 g/mol. The van der Waals surface area contributed by atoms with Gasteiger partial charge in [0.15, 0.2) is 0 Å². The predicted octanol–water partition coefficient (Wildman–Crippen LogP) is 0.815. The van der Waals surface area contributed by atoms with Crippen LogP contribution in [0.4, 0.5) is 0 Å². The molecule has 0 fully saturated rings. The summed E-state index contributed by atoms with van der Waals surface area (Å²) in [4.78, 5) is 13.1. The van der Waals surface area contributed by atoms with Crippen molar-refractivity contribution in [2.45, 2.75) is 39.8 Å². The van der Waals surface area contributed by atoms with Crippen LogP contribution in [0.25, 0.3) is 0 Å². The standard InChI is InChI=1S/C12H25NO4/c1-9(2)13(5-7-17-8-6-14)11(4)10(3)12(15)16/h9-11,14H,5-8H2,1-4H3,(H,15,16). The fourth-order valence-electron chi connectivity index (χ4n) is 1.76. The van der Waals surface area contributed by atoms with E-state index >= 15 is 0 Å². The Morgan fingerprint density at radius 2 is 1.82 bits per heavy atom. The number of ether oxygens (including phenoxy) is 1. The van der Waals surface area contributed by atoms with Crippen LogP contribution in [-0.4, -0.2) is 59.5 Å². The molecule has 0 aliphatic heterocycles. The van der Waals surface area contributed by atoms with E-state index in [1.165, 1.54) is 0 Å². The number of carboxylic acid groups (broad SMARTS) is 1. The Labute approximate surface area is 103 Å². The molecule has 5 heteroatoms. The number of carbonyl (C=O) groups is 1. The lowest BCUT2D eigenvalue weighted by molar-refractivity contribution is -0.143. The van der Waals surface area contributed by atoms with Crippen LogP contribution in [0, 0.1) is 5.92 Å². The molecular weight excluding hydrogens is 222 g/mol. The highest BCUT2D eigenvalue weighted by Gasteiger charge is 2.26. The molecule has 0 aromatic heterocycles. The van der Waals surface area contributed by atoms with Crippen molar-refractivity contribution >= 4 is 5.97 Å². The smallest absolute Gasteiger partial charge is 0.307 e. The minimum Gasteiger partial charge on any atom is -0.481 e. The van der Waals surface area contributed by atoms with E-state index < -0.39 is 11.9 Å². The van der Waals surface area contributed by atoms with Gasteiger partial charge in [-0.15, -0.1) is 0 Å². The van der Waals surface area contributed by atoms with E-state index in [4.69, 9.17) is 14.9 Å². The summed E-state index contributed by atoms with van der Waals surface area (Å²) in [6.45, 7) is 9.25. The minimum atomic E-state index is -0.778. The third-order valence-electron chi connectivity index (χ3n) is 3.03. The second-order valence-electron chi connectivity index (χ2n) is 4.54. The van der Waals surface area contributed by atoms with Crippen molar-refractivity contribution in [2.24, 2.45) is 5.92 Å². The van der Waals surface area contributed by atoms with Crippen LogP contribution < -0.4 is 0 Å². The molecule has 0 saturated carbocycles. The van der Waals surface area contributed by atoms with Crippen LogP contribution in [0.2, 0.25) is 0 Å². The van der Waals surface area contributed by atoms with E-state index in [2.05, 4.69) is 4.90 Å². The van der Waals surface area contributed by atoms with Gasteiger partial charge in [-0.05, 0) is 20.8 Å². The Hall–Kier alpha value is -0.650. The number of aliphatic hydroxyl groups excluding tert-OH is 1. The molecule has 0 rings (SSSR count). The van der Waals surface area contributed by atoms with Gasteiger partial charge in [0.05, 0.1) is 25.7 Å². The Kier molecular flexibility index (Phi) is 8.12. The van der Waals surface area contributed by atoms with Crippen molar-refractivity contribution in [3.05, 3.63) is 0 Å². The number of rotatable bonds is 9. The summed E-state index contributed by atoms with van der Waals surface area (Å²) in [6.07, 6.45) is 0. The van der Waals surface area contributed by atoms with Crippen molar-refractivity contribution in [1.82, 2.24) is 4.90 Å². The van der Waals surface area contributed by atoms with Gasteiger partial charge in [-0.2, -0.15) is 0 Å². The molecule has 0 bridgehead atoms. The molecule has 0 heterocycles. The van der Waals surface area contributed by atoms with Crippen LogP contribution in [-0.2, 0) is 9.53 Å². The van der Waals surface area contributed by atoms with Crippen LogP contribution in [0.1, 0.15) is 27.7 Å². The van der Waals surface area contributed by atoms with Gasteiger partial charge in [0, 0.05) is 18.6 Å². The molecule has 0 saturated heterocycles. The molecule has 0 aromatic carbocycles. The van der Waals surface area contributed by atoms with Crippen molar-refractivity contribution in [2.75, 3.05) is 26.4 Å². The van der Waals surface area contributed by atoms with Crippen LogP contribution >= 0.6 is 0 Å². The number of aliphatic carboxylic acids is 1. The Balaban J connectivity index is 4.26. The maximum atomic E-state index is 11.0. The molecule has 0 aliphatic rings. The number of hydrogen-bond donors (Lipinski definition) is 2. The molecule has 0 aliphatic carbocycles. The number of hydrogen-bond acceptors (Lipinski definition) is 4. The summed E-state index contributed by atoms with van der Waals surface area (Å²) >= 11 is 0. The highest BCUT2D eigenvalue weighted by molar-refractivity contribution is 5.70. The van der Waals surface area contributed by atoms with Gasteiger partial charge in [-0.25, -0.2) is 0 Å². The van der Waals surface area contributed by atoms with Gasteiger partial charge in [0.1, 0.15) is 0 Å². The normalized spacial score (nSPS) is 15.2. The van der Waals surface area contributed by atoms with Gasteiger partial charge >= 0.3 is 5.97 Å². The SMILES string of the molecule is CC(C(=O)O)C(C)N(CCOCCO)C(C)C. The largest absolute Gasteiger partial charge is 0.481 e. The van der Waals surface area contributed by atoms with Crippen molar-refractivity contribution in [3.63, 3.8) is 0 Å². The van der Waals surface area contributed by atoms with Gasteiger partial charge in [-0.3, -0.25) is 9.69 Å². The fraction of sp³-hybridized carbons (Fsp3) is 0.917. The highest BCUT2D eigenvalue weighted by Crippen LogP contribution is 2.14. The van der Waals surface area contributed by atoms with Crippen molar-refractivity contribution < 1.29 is 19.7 Å². The second-order valence-corrected chi connectivity index (χ2v) is 4.54. The molecule has 0 amide bonds. The van der Waals surface area contributed by atoms with Gasteiger partial charge in [0.2, 0.25) is 0 Å². The van der Waals surface area contributed by atoms with Gasteiger partial charge < -0.3 is 14.9 Å². The van der Waals surface area contributed by atoms with E-state index in [-0.39, 0.29) is 18.7 Å². The fourth-order valence-corrected chi connectivity index (χ4v) is 1.76. The molecule has 2 unspecified atom stereocenters. The van der Waals surface area contributed by atoms with E-state index in [9.17, 15) is 4.79 Å². The van der Waals surface area contributed by atoms with E-state index in [0.29, 0.717) is 19.8 Å². The lowest BCUT2D eigenvalue weighted by Crippen LogP contribution is -2.46. The average Bonchev–Trinajstić information content (AvgIpc) is 2.26. The Morgan fingerprint density at radius 3 is 2.24 bits per heavy atom. The predicted molar refractivity (Wildman–Crippen MR) is 66.0 cm³/mol. The first-order chi connectivity index (χ1) is 7.91. The molecule has 2 atom stereocenters. The Bertz CT molecular complexity index is 221. The van der Waals surface area contributed by atoms with Crippen molar-refractivity contribution in [1.29, 1.82) is 0 Å². The topological polar surface area (TPSA) is 70.0 Å². The summed E-state index contributed by atoms with van der Waals surface area (Å²) < 4.78 is 5.21. The zero-order chi connectivity index (χ0) is 13.4. The summed E-state index contributed by atoms with van der Waals surface area (Å²) in [6, 6.07) is 0.231.